The Morgan fingerprint density at radius 3 is 2.75 bits per heavy atom. The van der Waals surface area contributed by atoms with Crippen molar-refractivity contribution in [3.8, 4) is 6.07 Å². The van der Waals surface area contributed by atoms with Crippen LogP contribution in [0.3, 0.4) is 0 Å². The molecule has 16 heavy (non-hydrogen) atoms. The minimum atomic E-state index is 0.556. The summed E-state index contributed by atoms with van der Waals surface area (Å²) in [6.45, 7) is 0. The molecule has 0 bridgehead atoms. The smallest absolute Gasteiger partial charge is 0.153 e. The molecule has 0 spiro atoms. The second-order valence-electron chi connectivity index (χ2n) is 3.54. The molecule has 1 aromatic heterocycles. The monoisotopic (exact) mass is 271 g/mol. The van der Waals surface area contributed by atoms with E-state index in [-0.39, 0.29) is 0 Å². The highest BCUT2D eigenvalue weighted by Crippen LogP contribution is 2.32. The van der Waals surface area contributed by atoms with Crippen LogP contribution in [0.4, 0.5) is 0 Å². The van der Waals surface area contributed by atoms with Gasteiger partial charge in [0.1, 0.15) is 11.7 Å². The zero-order chi connectivity index (χ0) is 11.1. The maximum absolute atomic E-state index is 9.05. The van der Waals surface area contributed by atoms with Gasteiger partial charge in [-0.05, 0) is 18.2 Å². The fraction of sp³-hybridized carbons (Fsp3) is 0. The molecule has 3 aromatic rings. The summed E-state index contributed by atoms with van der Waals surface area (Å²) in [6.07, 6.45) is 0. The van der Waals surface area contributed by atoms with Gasteiger partial charge in [0.2, 0.25) is 0 Å². The summed E-state index contributed by atoms with van der Waals surface area (Å²) in [7, 11) is 0. The second-order valence-corrected chi connectivity index (χ2v) is 4.46. The predicted octanol–water partition coefficient (Wildman–Crippen LogP) is 4.22. The first-order valence-electron chi connectivity index (χ1n) is 4.80. The van der Waals surface area contributed by atoms with Crippen LogP contribution in [0.1, 0.15) is 5.56 Å². The van der Waals surface area contributed by atoms with Gasteiger partial charge in [-0.15, -0.1) is 0 Å². The van der Waals surface area contributed by atoms with E-state index in [0.717, 1.165) is 20.8 Å². The van der Waals surface area contributed by atoms with Gasteiger partial charge in [0, 0.05) is 15.2 Å². The lowest BCUT2D eigenvalue weighted by Crippen LogP contribution is -1.75. The summed E-state index contributed by atoms with van der Waals surface area (Å²) < 4.78 is 6.58. The Morgan fingerprint density at radius 1 is 1.12 bits per heavy atom. The third-order valence-electron chi connectivity index (χ3n) is 2.56. The van der Waals surface area contributed by atoms with Gasteiger partial charge < -0.3 is 4.42 Å². The number of hydrogen-bond donors (Lipinski definition) is 0. The standard InChI is InChI=1S/C13H6BrNO/c14-9-5-8(7-15)13-11(6-9)10-3-1-2-4-12(10)16-13/h1-6H. The summed E-state index contributed by atoms with van der Waals surface area (Å²) in [5.74, 6) is 0. The van der Waals surface area contributed by atoms with Crippen molar-refractivity contribution in [2.45, 2.75) is 0 Å². The topological polar surface area (TPSA) is 36.9 Å². The highest BCUT2D eigenvalue weighted by atomic mass is 79.9. The van der Waals surface area contributed by atoms with Crippen LogP contribution in [0.2, 0.25) is 0 Å². The van der Waals surface area contributed by atoms with Crippen molar-refractivity contribution in [1.82, 2.24) is 0 Å². The van der Waals surface area contributed by atoms with Crippen LogP contribution in [-0.4, -0.2) is 0 Å². The van der Waals surface area contributed by atoms with Crippen molar-refractivity contribution in [3.63, 3.8) is 0 Å². The Hall–Kier alpha value is -1.79. The third kappa shape index (κ3) is 1.24. The summed E-state index contributed by atoms with van der Waals surface area (Å²) in [4.78, 5) is 0. The molecule has 0 N–H and O–H groups in total. The number of benzene rings is 2. The Bertz CT molecular complexity index is 737. The van der Waals surface area contributed by atoms with Crippen LogP contribution in [0.5, 0.6) is 0 Å². The van der Waals surface area contributed by atoms with Gasteiger partial charge in [0.15, 0.2) is 5.58 Å². The van der Waals surface area contributed by atoms with Crippen LogP contribution in [0, 0.1) is 11.3 Å². The SMILES string of the molecule is N#Cc1cc(Br)cc2c1oc1ccccc12. The molecule has 0 amide bonds. The first-order valence-corrected chi connectivity index (χ1v) is 5.60. The molecular formula is C13H6BrNO. The van der Waals surface area contributed by atoms with Crippen LogP contribution in [-0.2, 0) is 0 Å². The van der Waals surface area contributed by atoms with E-state index in [2.05, 4.69) is 22.0 Å². The Labute approximate surface area is 100 Å². The van der Waals surface area contributed by atoms with E-state index >= 15 is 0 Å². The number of fused-ring (bicyclic) bond motifs is 3. The molecule has 0 fully saturated rings. The number of halogens is 1. The fourth-order valence-electron chi connectivity index (χ4n) is 1.87. The fourth-order valence-corrected chi connectivity index (χ4v) is 2.33. The molecule has 0 aliphatic heterocycles. The first-order chi connectivity index (χ1) is 7.79. The number of nitriles is 1. The average Bonchev–Trinajstić information content (AvgIpc) is 2.67. The van der Waals surface area contributed by atoms with Gasteiger partial charge in [-0.25, -0.2) is 0 Å². The van der Waals surface area contributed by atoms with Gasteiger partial charge >= 0.3 is 0 Å². The zero-order valence-corrected chi connectivity index (χ0v) is 9.78. The van der Waals surface area contributed by atoms with Crippen LogP contribution < -0.4 is 0 Å². The zero-order valence-electron chi connectivity index (χ0n) is 8.20. The molecule has 2 nitrogen and oxygen atoms in total. The van der Waals surface area contributed by atoms with Crippen molar-refractivity contribution in [2.24, 2.45) is 0 Å². The summed E-state index contributed by atoms with van der Waals surface area (Å²) >= 11 is 3.40. The second kappa shape index (κ2) is 3.36. The van der Waals surface area contributed by atoms with Crippen molar-refractivity contribution in [2.75, 3.05) is 0 Å². The number of para-hydroxylation sites is 1. The number of furan rings is 1. The average molecular weight is 272 g/mol. The van der Waals surface area contributed by atoms with E-state index in [1.54, 1.807) is 6.07 Å². The molecular weight excluding hydrogens is 266 g/mol. The van der Waals surface area contributed by atoms with Gasteiger partial charge in [-0.1, -0.05) is 34.1 Å². The van der Waals surface area contributed by atoms with Gasteiger partial charge in [0.05, 0.1) is 5.56 Å². The summed E-state index contributed by atoms with van der Waals surface area (Å²) in [6, 6.07) is 13.7. The lowest BCUT2D eigenvalue weighted by Gasteiger charge is -1.93. The first kappa shape index (κ1) is 9.44. The van der Waals surface area contributed by atoms with Crippen molar-refractivity contribution >= 4 is 37.9 Å². The Balaban J connectivity index is 2.60. The van der Waals surface area contributed by atoms with E-state index in [4.69, 9.17) is 9.68 Å². The van der Waals surface area contributed by atoms with E-state index in [9.17, 15) is 0 Å². The molecule has 3 rings (SSSR count). The maximum atomic E-state index is 9.05. The quantitative estimate of drug-likeness (QED) is 0.614. The minimum absolute atomic E-state index is 0.556. The largest absolute Gasteiger partial charge is 0.455 e. The molecule has 0 atom stereocenters. The maximum Gasteiger partial charge on any atom is 0.153 e. The highest BCUT2D eigenvalue weighted by Gasteiger charge is 2.11. The molecule has 0 aliphatic rings. The molecule has 0 aliphatic carbocycles. The van der Waals surface area contributed by atoms with Gasteiger partial charge in [-0.3, -0.25) is 0 Å². The van der Waals surface area contributed by atoms with Crippen molar-refractivity contribution < 1.29 is 4.42 Å². The van der Waals surface area contributed by atoms with E-state index in [1.807, 2.05) is 30.3 Å². The molecule has 2 aromatic carbocycles. The summed E-state index contributed by atoms with van der Waals surface area (Å²) in [5.41, 5.74) is 2.03. The number of nitrogens with zero attached hydrogens (tertiary/aromatic N) is 1. The van der Waals surface area contributed by atoms with E-state index < -0.39 is 0 Å². The molecule has 0 unspecified atom stereocenters. The van der Waals surface area contributed by atoms with Crippen LogP contribution in [0.25, 0.3) is 21.9 Å². The van der Waals surface area contributed by atoms with E-state index in [0.29, 0.717) is 11.1 Å². The molecule has 76 valence electrons. The number of hydrogen-bond acceptors (Lipinski definition) is 2. The van der Waals surface area contributed by atoms with Crippen molar-refractivity contribution in [1.29, 1.82) is 5.26 Å². The van der Waals surface area contributed by atoms with Crippen LogP contribution in [0.15, 0.2) is 45.3 Å². The molecule has 0 saturated heterocycles. The van der Waals surface area contributed by atoms with Crippen molar-refractivity contribution in [3.05, 3.63) is 46.4 Å². The third-order valence-corrected chi connectivity index (χ3v) is 3.02. The molecule has 0 saturated carbocycles. The predicted molar refractivity (Wildman–Crippen MR) is 66.1 cm³/mol. The van der Waals surface area contributed by atoms with E-state index in [1.165, 1.54) is 0 Å². The van der Waals surface area contributed by atoms with Crippen LogP contribution >= 0.6 is 15.9 Å². The highest BCUT2D eigenvalue weighted by molar-refractivity contribution is 9.10. The molecule has 0 radical (unpaired) electrons. The lowest BCUT2D eigenvalue weighted by molar-refractivity contribution is 0.667. The molecule has 3 heteroatoms. The lowest BCUT2D eigenvalue weighted by atomic mass is 10.1. The normalized spacial score (nSPS) is 10.8. The molecule has 1 heterocycles. The Kier molecular flexibility index (Phi) is 1.98. The number of rotatable bonds is 0. The minimum Gasteiger partial charge on any atom is -0.455 e. The summed E-state index contributed by atoms with van der Waals surface area (Å²) in [5, 5.41) is 11.1. The van der Waals surface area contributed by atoms with Gasteiger partial charge in [-0.2, -0.15) is 5.26 Å². The van der Waals surface area contributed by atoms with Gasteiger partial charge in [0.25, 0.3) is 0 Å². The Morgan fingerprint density at radius 2 is 1.94 bits per heavy atom.